The molecule has 0 saturated carbocycles. The first-order valence-corrected chi connectivity index (χ1v) is 3.69. The Bertz CT molecular complexity index is 105. The van der Waals surface area contributed by atoms with Crippen LogP contribution in [0.25, 0.3) is 0 Å². The summed E-state index contributed by atoms with van der Waals surface area (Å²) in [6.45, 7) is 6.09. The summed E-state index contributed by atoms with van der Waals surface area (Å²) in [6, 6.07) is 0. The number of hydrogen-bond donors (Lipinski definition) is 1. The topological polar surface area (TPSA) is 46.5 Å². The van der Waals surface area contributed by atoms with Crippen molar-refractivity contribution in [1.82, 2.24) is 0 Å². The van der Waals surface area contributed by atoms with E-state index in [0.717, 1.165) is 0 Å². The van der Waals surface area contributed by atoms with E-state index in [1.54, 1.807) is 0 Å². The highest BCUT2D eigenvalue weighted by molar-refractivity contribution is 7.74. The van der Waals surface area contributed by atoms with Crippen molar-refractivity contribution in [2.45, 2.75) is 20.8 Å². The highest BCUT2D eigenvalue weighted by Crippen LogP contribution is 2.12. The molecule has 0 aromatic heterocycles. The van der Waals surface area contributed by atoms with Gasteiger partial charge in [0.25, 0.3) is 0 Å². The molecular weight excluding hydrogens is 140 g/mol. The summed E-state index contributed by atoms with van der Waals surface area (Å²) in [5, 5.41) is 0. The first kappa shape index (κ1) is 9.07. The van der Waals surface area contributed by atoms with Crippen molar-refractivity contribution in [3.8, 4) is 0 Å². The van der Waals surface area contributed by atoms with Gasteiger partial charge in [-0.15, -0.1) is 0 Å². The molecule has 0 rings (SSSR count). The first-order chi connectivity index (χ1) is 3.92. The Morgan fingerprint density at radius 1 is 1.56 bits per heavy atom. The van der Waals surface area contributed by atoms with Crippen molar-refractivity contribution >= 4 is 11.4 Å². The second-order valence-electron chi connectivity index (χ2n) is 3.04. The third-order valence-electron chi connectivity index (χ3n) is 0.593. The average Bonchev–Trinajstić information content (AvgIpc) is 1.59. The Morgan fingerprint density at radius 3 is 2.11 bits per heavy atom. The fraction of sp³-hybridized carbons (Fsp3) is 1.00. The molecule has 0 heterocycles. The van der Waals surface area contributed by atoms with Crippen molar-refractivity contribution in [3.63, 3.8) is 0 Å². The van der Waals surface area contributed by atoms with Gasteiger partial charge in [-0.1, -0.05) is 20.8 Å². The van der Waals surface area contributed by atoms with Gasteiger partial charge >= 0.3 is 11.4 Å². The normalized spacial score (nSPS) is 15.6. The van der Waals surface area contributed by atoms with Gasteiger partial charge in [0.15, 0.2) is 0 Å². The van der Waals surface area contributed by atoms with Gasteiger partial charge in [-0.2, -0.15) is 4.21 Å². The minimum Gasteiger partial charge on any atom is -0.284 e. The van der Waals surface area contributed by atoms with Gasteiger partial charge in [-0.05, 0) is 5.41 Å². The van der Waals surface area contributed by atoms with E-state index in [1.165, 1.54) is 0 Å². The van der Waals surface area contributed by atoms with Gasteiger partial charge in [-0.25, -0.2) is 0 Å². The summed E-state index contributed by atoms with van der Waals surface area (Å²) >= 11 is -2.11. The molecule has 9 heavy (non-hydrogen) atoms. The van der Waals surface area contributed by atoms with E-state index in [2.05, 4.69) is 4.18 Å². The highest BCUT2D eigenvalue weighted by Gasteiger charge is 2.11. The molecule has 56 valence electrons. The van der Waals surface area contributed by atoms with Crippen LogP contribution in [0.2, 0.25) is 0 Å². The van der Waals surface area contributed by atoms with Crippen LogP contribution in [0, 0.1) is 5.41 Å². The minimum absolute atomic E-state index is 0.0433. The molecule has 1 N–H and O–H groups in total. The van der Waals surface area contributed by atoms with Crippen molar-refractivity contribution in [1.29, 1.82) is 0 Å². The molecule has 0 bridgehead atoms. The zero-order chi connectivity index (χ0) is 7.49. The number of rotatable bonds is 2. The number of hydrogen-bond acceptors (Lipinski definition) is 2. The minimum atomic E-state index is -2.11. The highest BCUT2D eigenvalue weighted by atomic mass is 32.2. The summed E-state index contributed by atoms with van der Waals surface area (Å²) in [5.74, 6) is 0. The van der Waals surface area contributed by atoms with Crippen LogP contribution in [0.1, 0.15) is 20.8 Å². The monoisotopic (exact) mass is 152 g/mol. The lowest BCUT2D eigenvalue weighted by Gasteiger charge is -2.15. The van der Waals surface area contributed by atoms with Crippen molar-refractivity contribution in [2.75, 3.05) is 6.61 Å². The van der Waals surface area contributed by atoms with Crippen molar-refractivity contribution in [3.05, 3.63) is 0 Å². The zero-order valence-corrected chi connectivity index (χ0v) is 6.70. The van der Waals surface area contributed by atoms with E-state index in [1.807, 2.05) is 20.8 Å². The predicted octanol–water partition coefficient (Wildman–Crippen LogP) is 1.19. The molecule has 0 aliphatic heterocycles. The van der Waals surface area contributed by atoms with Gasteiger partial charge in [0.2, 0.25) is 0 Å². The quantitative estimate of drug-likeness (QED) is 0.604. The van der Waals surface area contributed by atoms with E-state index >= 15 is 0 Å². The lowest BCUT2D eigenvalue weighted by molar-refractivity contribution is 0.199. The molecule has 1 unspecified atom stereocenters. The molecule has 0 fully saturated rings. The first-order valence-electron chi connectivity index (χ1n) is 2.66. The van der Waals surface area contributed by atoms with Gasteiger partial charge < -0.3 is 0 Å². The molecule has 0 spiro atoms. The van der Waals surface area contributed by atoms with Crippen LogP contribution >= 0.6 is 0 Å². The van der Waals surface area contributed by atoms with Gasteiger partial charge in [0, 0.05) is 0 Å². The third kappa shape index (κ3) is 8.07. The molecule has 0 aliphatic rings. The SMILES string of the molecule is CC(C)(C)COS(=O)O. The van der Waals surface area contributed by atoms with Crippen LogP contribution in [0.15, 0.2) is 0 Å². The molecule has 4 heteroatoms. The third-order valence-corrected chi connectivity index (χ3v) is 0.912. The van der Waals surface area contributed by atoms with Gasteiger partial charge in [0.1, 0.15) is 0 Å². The molecule has 3 nitrogen and oxygen atoms in total. The Balaban J connectivity index is 3.39. The maximum Gasteiger partial charge on any atom is 0.301 e. The summed E-state index contributed by atoms with van der Waals surface area (Å²) < 4.78 is 22.5. The fourth-order valence-electron chi connectivity index (χ4n) is 0.227. The lowest BCUT2D eigenvalue weighted by atomic mass is 9.99. The fourth-order valence-corrected chi connectivity index (χ4v) is 0.682. The average molecular weight is 152 g/mol. The van der Waals surface area contributed by atoms with E-state index in [-0.39, 0.29) is 5.41 Å². The molecule has 0 aromatic carbocycles. The maximum atomic E-state index is 9.93. The molecule has 0 aliphatic carbocycles. The summed E-state index contributed by atoms with van der Waals surface area (Å²) in [5.41, 5.74) is -0.0433. The summed E-state index contributed by atoms with van der Waals surface area (Å²) in [7, 11) is 0. The molecule has 0 amide bonds. The molecule has 0 radical (unpaired) electrons. The smallest absolute Gasteiger partial charge is 0.284 e. The van der Waals surface area contributed by atoms with E-state index in [9.17, 15) is 4.21 Å². The maximum absolute atomic E-state index is 9.93. The molecule has 0 saturated heterocycles. The van der Waals surface area contributed by atoms with E-state index in [0.29, 0.717) is 6.61 Å². The molecule has 0 aromatic rings. The van der Waals surface area contributed by atoms with Crippen LogP contribution in [0.3, 0.4) is 0 Å². The second-order valence-corrected chi connectivity index (χ2v) is 3.71. The Morgan fingerprint density at radius 2 is 2.00 bits per heavy atom. The Hall–Kier alpha value is 0.0700. The van der Waals surface area contributed by atoms with Crippen molar-refractivity contribution < 1.29 is 12.9 Å². The Labute approximate surface area is 57.9 Å². The van der Waals surface area contributed by atoms with Gasteiger partial charge in [0.05, 0.1) is 6.61 Å². The van der Waals surface area contributed by atoms with Crippen LogP contribution in [-0.2, 0) is 15.5 Å². The summed E-state index contributed by atoms with van der Waals surface area (Å²) in [4.78, 5) is 0. The van der Waals surface area contributed by atoms with Crippen LogP contribution in [-0.4, -0.2) is 15.4 Å². The van der Waals surface area contributed by atoms with E-state index < -0.39 is 11.4 Å². The largest absolute Gasteiger partial charge is 0.301 e. The molecular formula is C5H12O3S. The standard InChI is InChI=1S/C5H12O3S/c1-5(2,3)4-8-9(6)7/h4H2,1-3H3,(H,6,7). The van der Waals surface area contributed by atoms with Crippen molar-refractivity contribution in [2.24, 2.45) is 5.41 Å². The molecule has 1 atom stereocenters. The zero-order valence-electron chi connectivity index (χ0n) is 5.88. The van der Waals surface area contributed by atoms with Crippen LogP contribution in [0.5, 0.6) is 0 Å². The summed E-state index contributed by atoms with van der Waals surface area (Å²) in [6.07, 6.45) is 0. The van der Waals surface area contributed by atoms with Gasteiger partial charge in [-0.3, -0.25) is 8.74 Å². The van der Waals surface area contributed by atoms with Crippen LogP contribution < -0.4 is 0 Å². The lowest BCUT2D eigenvalue weighted by Crippen LogP contribution is -2.15. The predicted molar refractivity (Wildman–Crippen MR) is 36.2 cm³/mol. The van der Waals surface area contributed by atoms with Crippen LogP contribution in [0.4, 0.5) is 0 Å². The van der Waals surface area contributed by atoms with E-state index in [4.69, 9.17) is 4.55 Å². The second kappa shape index (κ2) is 3.29. The Kier molecular flexibility index (Phi) is 3.32.